The molecule has 108 valence electrons. The summed E-state index contributed by atoms with van der Waals surface area (Å²) in [5, 5.41) is 6.38. The number of nitrogens with zero attached hydrogens (tertiary/aromatic N) is 1. The van der Waals surface area contributed by atoms with Gasteiger partial charge in [-0.15, -0.1) is 0 Å². The number of nitrogens with one attached hydrogen (secondary N) is 2. The second-order valence-corrected chi connectivity index (χ2v) is 6.43. The molecule has 0 radical (unpaired) electrons. The van der Waals surface area contributed by atoms with Crippen LogP contribution >= 0.6 is 0 Å². The van der Waals surface area contributed by atoms with E-state index < -0.39 is 0 Å². The van der Waals surface area contributed by atoms with Crippen LogP contribution < -0.4 is 10.6 Å². The summed E-state index contributed by atoms with van der Waals surface area (Å²) >= 11 is 0. The smallest absolute Gasteiger partial charge is 0.239 e. The lowest BCUT2D eigenvalue weighted by Gasteiger charge is -2.21. The van der Waals surface area contributed by atoms with Crippen LogP contribution in [0.1, 0.15) is 40.3 Å². The number of carbonyl (C=O) groups excluding carboxylic acids is 1. The average Bonchev–Trinajstić information content (AvgIpc) is 2.70. The summed E-state index contributed by atoms with van der Waals surface area (Å²) in [6, 6.07) is 4.03. The third-order valence-corrected chi connectivity index (χ3v) is 2.74. The highest BCUT2D eigenvalue weighted by Gasteiger charge is 2.11. The maximum atomic E-state index is 11.8. The molecule has 0 saturated carbocycles. The van der Waals surface area contributed by atoms with E-state index in [1.807, 2.05) is 16.8 Å². The zero-order valence-electron chi connectivity index (χ0n) is 12.8. The molecule has 0 bridgehead atoms. The van der Waals surface area contributed by atoms with E-state index >= 15 is 0 Å². The van der Waals surface area contributed by atoms with Gasteiger partial charge in [-0.2, -0.15) is 0 Å². The van der Waals surface area contributed by atoms with Crippen molar-refractivity contribution in [1.29, 1.82) is 0 Å². The van der Waals surface area contributed by atoms with Gasteiger partial charge < -0.3 is 15.2 Å². The summed E-state index contributed by atoms with van der Waals surface area (Å²) < 4.78 is 1.99. The van der Waals surface area contributed by atoms with Gasteiger partial charge in [0, 0.05) is 30.5 Å². The third kappa shape index (κ3) is 6.43. The van der Waals surface area contributed by atoms with Crippen molar-refractivity contribution in [2.75, 3.05) is 6.54 Å². The molecule has 4 nitrogen and oxygen atoms in total. The molecule has 0 aromatic carbocycles. The van der Waals surface area contributed by atoms with Crippen molar-refractivity contribution >= 4 is 5.91 Å². The Kier molecular flexibility index (Phi) is 5.60. The number of amides is 1. The van der Waals surface area contributed by atoms with E-state index in [1.54, 1.807) is 0 Å². The van der Waals surface area contributed by atoms with Crippen molar-refractivity contribution < 1.29 is 4.79 Å². The van der Waals surface area contributed by atoms with Gasteiger partial charge in [0.1, 0.15) is 6.54 Å². The Balaban J connectivity index is 2.50. The Hall–Kier alpha value is -1.29. The van der Waals surface area contributed by atoms with Crippen LogP contribution in [-0.4, -0.2) is 22.6 Å². The third-order valence-electron chi connectivity index (χ3n) is 2.74. The van der Waals surface area contributed by atoms with Crippen molar-refractivity contribution in [1.82, 2.24) is 15.2 Å². The van der Waals surface area contributed by atoms with E-state index in [9.17, 15) is 4.79 Å². The number of rotatable bonds is 6. The van der Waals surface area contributed by atoms with Gasteiger partial charge in [-0.05, 0) is 38.8 Å². The van der Waals surface area contributed by atoms with Crippen molar-refractivity contribution in [2.24, 2.45) is 5.92 Å². The molecule has 1 aromatic rings. The SMILES string of the molecule is CC(C)CNC(=O)Cn1cccc1CNC(C)(C)C. The molecule has 0 fully saturated rings. The van der Waals surface area contributed by atoms with Crippen LogP contribution in [0.3, 0.4) is 0 Å². The van der Waals surface area contributed by atoms with E-state index in [-0.39, 0.29) is 11.4 Å². The molecule has 0 spiro atoms. The van der Waals surface area contributed by atoms with Crippen LogP contribution in [0.5, 0.6) is 0 Å². The fraction of sp³-hybridized carbons (Fsp3) is 0.667. The predicted molar refractivity (Wildman–Crippen MR) is 78.9 cm³/mol. The number of carbonyl (C=O) groups is 1. The van der Waals surface area contributed by atoms with Crippen molar-refractivity contribution in [3.63, 3.8) is 0 Å². The Morgan fingerprint density at radius 1 is 1.37 bits per heavy atom. The molecule has 0 aliphatic carbocycles. The molecule has 0 aliphatic rings. The zero-order chi connectivity index (χ0) is 14.5. The largest absolute Gasteiger partial charge is 0.354 e. The first-order valence-corrected chi connectivity index (χ1v) is 6.93. The fourth-order valence-electron chi connectivity index (χ4n) is 1.65. The van der Waals surface area contributed by atoms with Crippen LogP contribution in [0.15, 0.2) is 18.3 Å². The highest BCUT2D eigenvalue weighted by atomic mass is 16.1. The molecule has 1 amide bonds. The second kappa shape index (κ2) is 6.75. The Labute approximate surface area is 116 Å². The maximum absolute atomic E-state index is 11.8. The Bertz CT molecular complexity index is 402. The topological polar surface area (TPSA) is 46.1 Å². The van der Waals surface area contributed by atoms with Gasteiger partial charge in [0.15, 0.2) is 0 Å². The first-order chi connectivity index (χ1) is 8.78. The average molecular weight is 265 g/mol. The first kappa shape index (κ1) is 15.8. The van der Waals surface area contributed by atoms with E-state index in [0.29, 0.717) is 12.5 Å². The molecule has 1 rings (SSSR count). The summed E-state index contributed by atoms with van der Waals surface area (Å²) in [5.74, 6) is 0.553. The number of aromatic nitrogens is 1. The molecule has 0 unspecified atom stereocenters. The summed E-state index contributed by atoms with van der Waals surface area (Å²) in [5.41, 5.74) is 1.21. The molecule has 0 saturated heterocycles. The van der Waals surface area contributed by atoms with Crippen LogP contribution in [0.2, 0.25) is 0 Å². The predicted octanol–water partition coefficient (Wildman–Crippen LogP) is 2.15. The molecule has 0 atom stereocenters. The van der Waals surface area contributed by atoms with Crippen molar-refractivity contribution in [2.45, 2.75) is 53.2 Å². The van der Waals surface area contributed by atoms with Crippen molar-refractivity contribution in [3.8, 4) is 0 Å². The lowest BCUT2D eigenvalue weighted by molar-refractivity contribution is -0.121. The Morgan fingerprint density at radius 2 is 2.05 bits per heavy atom. The van der Waals surface area contributed by atoms with Gasteiger partial charge in [0.05, 0.1) is 0 Å². The van der Waals surface area contributed by atoms with Gasteiger partial charge in [0.25, 0.3) is 0 Å². The van der Waals surface area contributed by atoms with Gasteiger partial charge in [0.2, 0.25) is 5.91 Å². The number of hydrogen-bond donors (Lipinski definition) is 2. The van der Waals surface area contributed by atoms with Gasteiger partial charge in [-0.25, -0.2) is 0 Å². The van der Waals surface area contributed by atoms with Gasteiger partial charge in [-0.3, -0.25) is 4.79 Å². The summed E-state index contributed by atoms with van der Waals surface area (Å²) in [4.78, 5) is 11.8. The van der Waals surface area contributed by atoms with Crippen LogP contribution in [0.4, 0.5) is 0 Å². The molecule has 19 heavy (non-hydrogen) atoms. The van der Waals surface area contributed by atoms with Gasteiger partial charge >= 0.3 is 0 Å². The van der Waals surface area contributed by atoms with E-state index in [0.717, 1.165) is 18.8 Å². The minimum Gasteiger partial charge on any atom is -0.354 e. The quantitative estimate of drug-likeness (QED) is 0.828. The lowest BCUT2D eigenvalue weighted by atomic mass is 10.1. The second-order valence-electron chi connectivity index (χ2n) is 6.43. The van der Waals surface area contributed by atoms with E-state index in [2.05, 4.69) is 51.3 Å². The summed E-state index contributed by atoms with van der Waals surface area (Å²) in [6.45, 7) is 12.5. The normalized spacial score (nSPS) is 11.9. The molecule has 0 aliphatic heterocycles. The summed E-state index contributed by atoms with van der Waals surface area (Å²) in [6.07, 6.45) is 1.95. The van der Waals surface area contributed by atoms with E-state index in [1.165, 1.54) is 0 Å². The standard InChI is InChI=1S/C15H27N3O/c1-12(2)9-16-14(19)11-18-8-6-7-13(18)10-17-15(3,4)5/h6-8,12,17H,9-11H2,1-5H3,(H,16,19). The number of hydrogen-bond acceptors (Lipinski definition) is 2. The highest BCUT2D eigenvalue weighted by Crippen LogP contribution is 2.06. The minimum absolute atomic E-state index is 0.0712. The van der Waals surface area contributed by atoms with Crippen LogP contribution in [-0.2, 0) is 17.9 Å². The van der Waals surface area contributed by atoms with Crippen molar-refractivity contribution in [3.05, 3.63) is 24.0 Å². The van der Waals surface area contributed by atoms with Gasteiger partial charge in [-0.1, -0.05) is 13.8 Å². The monoisotopic (exact) mass is 265 g/mol. The maximum Gasteiger partial charge on any atom is 0.239 e. The fourth-order valence-corrected chi connectivity index (χ4v) is 1.65. The molecule has 2 N–H and O–H groups in total. The molecular formula is C15H27N3O. The molecule has 4 heteroatoms. The lowest BCUT2D eigenvalue weighted by Crippen LogP contribution is -2.36. The minimum atomic E-state index is 0.0712. The molecular weight excluding hydrogens is 238 g/mol. The zero-order valence-corrected chi connectivity index (χ0v) is 12.8. The molecule has 1 heterocycles. The first-order valence-electron chi connectivity index (χ1n) is 6.93. The van der Waals surface area contributed by atoms with E-state index in [4.69, 9.17) is 0 Å². The van der Waals surface area contributed by atoms with Crippen LogP contribution in [0.25, 0.3) is 0 Å². The highest BCUT2D eigenvalue weighted by molar-refractivity contribution is 5.75. The molecule has 1 aromatic heterocycles. The summed E-state index contributed by atoms with van der Waals surface area (Å²) in [7, 11) is 0. The van der Waals surface area contributed by atoms with Crippen LogP contribution in [0, 0.1) is 5.92 Å². The Morgan fingerprint density at radius 3 is 2.63 bits per heavy atom.